The molecule has 1 unspecified atom stereocenters. The summed E-state index contributed by atoms with van der Waals surface area (Å²) in [6.45, 7) is 1.25. The van der Waals surface area contributed by atoms with Crippen LogP contribution in [0.3, 0.4) is 0 Å². The molecule has 1 amide bonds. The van der Waals surface area contributed by atoms with Crippen molar-refractivity contribution in [2.45, 2.75) is 18.8 Å². The molecule has 4 rings (SSSR count). The Morgan fingerprint density at radius 3 is 3.00 bits per heavy atom. The lowest BCUT2D eigenvalue weighted by atomic mass is 9.96. The average Bonchev–Trinajstić information content (AvgIpc) is 3.23. The van der Waals surface area contributed by atoms with E-state index >= 15 is 0 Å². The Hall–Kier alpha value is -2.80. The van der Waals surface area contributed by atoms with Gasteiger partial charge in [0.1, 0.15) is 5.82 Å². The van der Waals surface area contributed by atoms with Crippen molar-refractivity contribution < 1.29 is 4.79 Å². The number of nitrogens with zero attached hydrogens (tertiary/aromatic N) is 3. The Balaban J connectivity index is 1.58. The molecule has 6 nitrogen and oxygen atoms in total. The Morgan fingerprint density at radius 1 is 1.31 bits per heavy atom. The third kappa shape index (κ3) is 3.43. The van der Waals surface area contributed by atoms with Crippen molar-refractivity contribution in [3.05, 3.63) is 69.8 Å². The summed E-state index contributed by atoms with van der Waals surface area (Å²) < 4.78 is 0. The lowest BCUT2D eigenvalue weighted by Crippen LogP contribution is -2.40. The number of nitrogens with one attached hydrogen (secondary N) is 1. The Kier molecular flexibility index (Phi) is 4.62. The van der Waals surface area contributed by atoms with E-state index in [4.69, 9.17) is 0 Å². The molecule has 0 aliphatic carbocycles. The van der Waals surface area contributed by atoms with E-state index in [0.717, 1.165) is 17.7 Å². The van der Waals surface area contributed by atoms with Crippen LogP contribution in [-0.2, 0) is 0 Å². The number of carbonyl (C=O) groups is 1. The van der Waals surface area contributed by atoms with Crippen LogP contribution >= 0.6 is 11.3 Å². The lowest BCUT2D eigenvalue weighted by molar-refractivity contribution is 0.0704. The summed E-state index contributed by atoms with van der Waals surface area (Å²) in [6, 6.07) is 8.96. The van der Waals surface area contributed by atoms with Crippen molar-refractivity contribution in [2.75, 3.05) is 13.1 Å². The fourth-order valence-electron chi connectivity index (χ4n) is 3.28. The van der Waals surface area contributed by atoms with Crippen LogP contribution in [0.5, 0.6) is 0 Å². The van der Waals surface area contributed by atoms with Gasteiger partial charge in [0.15, 0.2) is 0 Å². The molecule has 0 spiro atoms. The first-order chi connectivity index (χ1) is 12.7. The van der Waals surface area contributed by atoms with Crippen LogP contribution in [0.25, 0.3) is 10.6 Å². The van der Waals surface area contributed by atoms with Gasteiger partial charge in [0.05, 0.1) is 16.1 Å². The van der Waals surface area contributed by atoms with Crippen LogP contribution in [0.15, 0.2) is 52.9 Å². The van der Waals surface area contributed by atoms with Crippen LogP contribution in [0.4, 0.5) is 0 Å². The highest BCUT2D eigenvalue weighted by atomic mass is 32.1. The number of amides is 1. The zero-order valence-corrected chi connectivity index (χ0v) is 14.9. The van der Waals surface area contributed by atoms with Crippen molar-refractivity contribution in [1.82, 2.24) is 19.9 Å². The maximum Gasteiger partial charge on any atom is 0.255 e. The number of aromatic nitrogens is 3. The lowest BCUT2D eigenvalue weighted by Gasteiger charge is -2.32. The van der Waals surface area contributed by atoms with Gasteiger partial charge in [-0.05, 0) is 36.4 Å². The minimum absolute atomic E-state index is 0.0250. The number of hydrogen-bond acceptors (Lipinski definition) is 5. The summed E-state index contributed by atoms with van der Waals surface area (Å²) in [5.74, 6) is 0.654. The Labute approximate surface area is 154 Å². The molecule has 1 atom stereocenters. The van der Waals surface area contributed by atoms with E-state index in [9.17, 15) is 9.59 Å². The smallest absolute Gasteiger partial charge is 0.255 e. The van der Waals surface area contributed by atoms with Gasteiger partial charge in [0, 0.05) is 37.5 Å². The zero-order chi connectivity index (χ0) is 17.9. The second-order valence-corrected chi connectivity index (χ2v) is 7.27. The summed E-state index contributed by atoms with van der Waals surface area (Å²) in [7, 11) is 0. The second kappa shape index (κ2) is 7.21. The predicted octanol–water partition coefficient (Wildman–Crippen LogP) is 2.91. The molecule has 0 saturated carbocycles. The first-order valence-electron chi connectivity index (χ1n) is 8.55. The molecule has 26 heavy (non-hydrogen) atoms. The summed E-state index contributed by atoms with van der Waals surface area (Å²) in [5.41, 5.74) is 1.12. The number of rotatable bonds is 3. The average molecular weight is 366 g/mol. The van der Waals surface area contributed by atoms with Gasteiger partial charge >= 0.3 is 0 Å². The van der Waals surface area contributed by atoms with Gasteiger partial charge in [-0.1, -0.05) is 6.07 Å². The number of piperidine rings is 1. The highest BCUT2D eigenvalue weighted by Crippen LogP contribution is 2.27. The van der Waals surface area contributed by atoms with Crippen molar-refractivity contribution >= 4 is 17.2 Å². The number of aromatic amines is 1. The monoisotopic (exact) mass is 366 g/mol. The quantitative estimate of drug-likeness (QED) is 0.773. The first-order valence-corrected chi connectivity index (χ1v) is 9.43. The summed E-state index contributed by atoms with van der Waals surface area (Å²) >= 11 is 1.56. The number of pyridine rings is 1. The second-order valence-electron chi connectivity index (χ2n) is 6.33. The largest absolute Gasteiger partial charge is 0.338 e. The summed E-state index contributed by atoms with van der Waals surface area (Å²) in [4.78, 5) is 39.2. The molecular weight excluding hydrogens is 348 g/mol. The standard InChI is InChI=1S/C19H18N4O2S/c24-17-10-15(16-6-3-9-26-16)21-18(22-17)14-5-2-8-23(12-14)19(25)13-4-1-7-20-11-13/h1,3-4,6-7,9-11,14H,2,5,8,12H2,(H,21,22,24). The minimum atomic E-state index is -0.158. The molecule has 1 aliphatic heterocycles. The molecule has 3 aromatic rings. The van der Waals surface area contributed by atoms with Crippen molar-refractivity contribution in [1.29, 1.82) is 0 Å². The minimum Gasteiger partial charge on any atom is -0.338 e. The van der Waals surface area contributed by atoms with Crippen LogP contribution < -0.4 is 5.56 Å². The fourth-order valence-corrected chi connectivity index (χ4v) is 3.96. The SMILES string of the molecule is O=C(c1cccnc1)N1CCCC(c2nc(-c3cccs3)cc(=O)[nH]2)C1. The van der Waals surface area contributed by atoms with Crippen LogP contribution in [-0.4, -0.2) is 38.8 Å². The van der Waals surface area contributed by atoms with Gasteiger partial charge < -0.3 is 9.88 Å². The van der Waals surface area contributed by atoms with Crippen LogP contribution in [0.1, 0.15) is 34.9 Å². The number of carbonyl (C=O) groups excluding carboxylic acids is 1. The van der Waals surface area contributed by atoms with E-state index in [1.807, 2.05) is 22.4 Å². The summed E-state index contributed by atoms with van der Waals surface area (Å²) in [5, 5.41) is 1.97. The normalized spacial score (nSPS) is 17.2. The number of thiophene rings is 1. The Morgan fingerprint density at radius 2 is 2.23 bits per heavy atom. The molecule has 1 saturated heterocycles. The van der Waals surface area contributed by atoms with Crippen LogP contribution in [0, 0.1) is 0 Å². The van der Waals surface area contributed by atoms with Gasteiger partial charge in [-0.15, -0.1) is 11.3 Å². The van der Waals surface area contributed by atoms with Gasteiger partial charge in [-0.3, -0.25) is 14.6 Å². The van der Waals surface area contributed by atoms with Gasteiger partial charge in [-0.25, -0.2) is 4.98 Å². The van der Waals surface area contributed by atoms with E-state index in [2.05, 4.69) is 15.0 Å². The number of hydrogen-bond donors (Lipinski definition) is 1. The van der Waals surface area contributed by atoms with Crippen LogP contribution in [0.2, 0.25) is 0 Å². The van der Waals surface area contributed by atoms with Gasteiger partial charge in [-0.2, -0.15) is 0 Å². The zero-order valence-electron chi connectivity index (χ0n) is 14.1. The predicted molar refractivity (Wildman–Crippen MR) is 100 cm³/mol. The van der Waals surface area contributed by atoms with Gasteiger partial charge in [0.2, 0.25) is 0 Å². The van der Waals surface area contributed by atoms with E-state index in [1.165, 1.54) is 6.07 Å². The highest BCUT2D eigenvalue weighted by Gasteiger charge is 2.27. The molecule has 7 heteroatoms. The van der Waals surface area contributed by atoms with Gasteiger partial charge in [0.25, 0.3) is 11.5 Å². The third-order valence-electron chi connectivity index (χ3n) is 4.54. The number of H-pyrrole nitrogens is 1. The topological polar surface area (TPSA) is 79.0 Å². The van der Waals surface area contributed by atoms with E-state index in [0.29, 0.717) is 30.2 Å². The molecule has 4 heterocycles. The maximum atomic E-state index is 12.7. The highest BCUT2D eigenvalue weighted by molar-refractivity contribution is 7.13. The van der Waals surface area contributed by atoms with E-state index in [-0.39, 0.29) is 17.4 Å². The molecule has 0 bridgehead atoms. The first kappa shape index (κ1) is 16.7. The molecule has 1 N–H and O–H groups in total. The Bertz CT molecular complexity index is 953. The van der Waals surface area contributed by atoms with Crippen molar-refractivity contribution in [2.24, 2.45) is 0 Å². The molecular formula is C19H18N4O2S. The molecule has 3 aromatic heterocycles. The molecule has 1 aliphatic rings. The molecule has 0 aromatic carbocycles. The third-order valence-corrected chi connectivity index (χ3v) is 5.43. The molecule has 132 valence electrons. The van der Waals surface area contributed by atoms with Crippen molar-refractivity contribution in [3.8, 4) is 10.6 Å². The maximum absolute atomic E-state index is 12.7. The van der Waals surface area contributed by atoms with E-state index < -0.39 is 0 Å². The summed E-state index contributed by atoms with van der Waals surface area (Å²) in [6.07, 6.45) is 5.02. The van der Waals surface area contributed by atoms with Crippen molar-refractivity contribution in [3.63, 3.8) is 0 Å². The molecule has 1 fully saturated rings. The molecule has 0 radical (unpaired) electrons. The fraction of sp³-hybridized carbons (Fsp3) is 0.263. The van der Waals surface area contributed by atoms with E-state index in [1.54, 1.807) is 35.9 Å². The number of likely N-dealkylation sites (tertiary alicyclic amines) is 1.